The van der Waals surface area contributed by atoms with E-state index in [9.17, 15) is 19.1 Å². The molecule has 2 saturated heterocycles. The van der Waals surface area contributed by atoms with Gasteiger partial charge >= 0.3 is 5.97 Å². The summed E-state index contributed by atoms with van der Waals surface area (Å²) in [6.45, 7) is 6.53. The van der Waals surface area contributed by atoms with Gasteiger partial charge in [-0.05, 0) is 71.5 Å². The molecule has 45 heavy (non-hydrogen) atoms. The number of likely N-dealkylation sites (tertiary alicyclic amines) is 1. The fourth-order valence-electron chi connectivity index (χ4n) is 6.84. The third-order valence-electron chi connectivity index (χ3n) is 9.01. The molecule has 6 rings (SSSR count). The number of carboxylic acid groups (broad SMARTS) is 1. The zero-order valence-corrected chi connectivity index (χ0v) is 25.4. The highest BCUT2D eigenvalue weighted by Crippen LogP contribution is 2.48. The van der Waals surface area contributed by atoms with Crippen LogP contribution in [0.1, 0.15) is 48.1 Å². The molecule has 1 amide bonds. The molecule has 3 aromatic rings. The number of carboxylic acids is 1. The minimum atomic E-state index is -1.05. The van der Waals surface area contributed by atoms with E-state index in [1.54, 1.807) is 6.07 Å². The van der Waals surface area contributed by atoms with Crippen molar-refractivity contribution in [2.45, 2.75) is 38.6 Å². The molecule has 0 bridgehead atoms. The molecule has 238 valence electrons. The smallest absolute Gasteiger partial charge is 0.309 e. The summed E-state index contributed by atoms with van der Waals surface area (Å²) in [5.41, 5.74) is 4.16. The normalized spacial score (nSPS) is 21.2. The highest BCUT2D eigenvalue weighted by Gasteiger charge is 2.48. The Labute approximate surface area is 260 Å². The number of hydrogen-bond acceptors (Lipinski definition) is 7. The molecule has 0 aromatic heterocycles. The lowest BCUT2D eigenvalue weighted by atomic mass is 9.82. The van der Waals surface area contributed by atoms with E-state index < -0.39 is 29.7 Å². The molecule has 9 nitrogen and oxygen atoms in total. The molecular weight excluding hydrogens is 584 g/mol. The zero-order chi connectivity index (χ0) is 31.7. The van der Waals surface area contributed by atoms with Crippen molar-refractivity contribution in [3.8, 4) is 11.5 Å². The van der Waals surface area contributed by atoms with Crippen molar-refractivity contribution in [3.05, 3.63) is 82.4 Å². The van der Waals surface area contributed by atoms with Crippen molar-refractivity contribution < 1.29 is 37.7 Å². The first-order valence-electron chi connectivity index (χ1n) is 15.4. The number of carbonyl (C=O) groups is 2. The van der Waals surface area contributed by atoms with Crippen LogP contribution >= 0.6 is 0 Å². The Bertz CT molecular complexity index is 1550. The predicted molar refractivity (Wildman–Crippen MR) is 164 cm³/mol. The van der Waals surface area contributed by atoms with Gasteiger partial charge in [0, 0.05) is 43.0 Å². The van der Waals surface area contributed by atoms with E-state index in [2.05, 4.69) is 10.2 Å². The van der Waals surface area contributed by atoms with Crippen molar-refractivity contribution in [3.63, 3.8) is 0 Å². The molecule has 0 spiro atoms. The first-order chi connectivity index (χ1) is 21.8. The van der Waals surface area contributed by atoms with Gasteiger partial charge in [-0.15, -0.1) is 0 Å². The maximum atomic E-state index is 15.0. The molecule has 3 aromatic carbocycles. The second-order valence-corrected chi connectivity index (χ2v) is 11.6. The number of ether oxygens (including phenoxy) is 3. The topological polar surface area (TPSA) is 101 Å². The number of fused-ring (bicyclic) bond motifs is 1. The number of amides is 1. The number of halogens is 2. The van der Waals surface area contributed by atoms with Crippen molar-refractivity contribution in [2.75, 3.05) is 56.4 Å². The van der Waals surface area contributed by atoms with Crippen LogP contribution in [0.25, 0.3) is 0 Å². The molecule has 0 aliphatic carbocycles. The van der Waals surface area contributed by atoms with Crippen LogP contribution in [-0.2, 0) is 27.2 Å². The summed E-state index contributed by atoms with van der Waals surface area (Å²) < 4.78 is 45.4. The average molecular weight is 622 g/mol. The Balaban J connectivity index is 1.34. The van der Waals surface area contributed by atoms with Crippen molar-refractivity contribution in [1.82, 2.24) is 4.90 Å². The van der Waals surface area contributed by atoms with Gasteiger partial charge in [-0.3, -0.25) is 14.5 Å². The summed E-state index contributed by atoms with van der Waals surface area (Å²) >= 11 is 0. The summed E-state index contributed by atoms with van der Waals surface area (Å²) in [5.74, 6) is -3.78. The quantitative estimate of drug-likeness (QED) is 0.339. The van der Waals surface area contributed by atoms with E-state index >= 15 is 4.39 Å². The Morgan fingerprint density at radius 2 is 1.64 bits per heavy atom. The Kier molecular flexibility index (Phi) is 8.91. The highest BCUT2D eigenvalue weighted by molar-refractivity contribution is 5.94. The van der Waals surface area contributed by atoms with Crippen LogP contribution in [-0.4, -0.2) is 68.1 Å². The summed E-state index contributed by atoms with van der Waals surface area (Å²) in [6, 6.07) is 12.8. The summed E-state index contributed by atoms with van der Waals surface area (Å²) in [5, 5.41) is 13.6. The number of benzene rings is 3. The van der Waals surface area contributed by atoms with Crippen LogP contribution < -0.4 is 19.7 Å². The van der Waals surface area contributed by atoms with Gasteiger partial charge < -0.3 is 29.5 Å². The van der Waals surface area contributed by atoms with Gasteiger partial charge in [0.2, 0.25) is 18.4 Å². The molecule has 3 aliphatic rings. The van der Waals surface area contributed by atoms with Gasteiger partial charge in [-0.25, -0.2) is 8.78 Å². The van der Waals surface area contributed by atoms with Crippen molar-refractivity contribution >= 4 is 23.3 Å². The van der Waals surface area contributed by atoms with Crippen LogP contribution in [0.15, 0.2) is 48.5 Å². The van der Waals surface area contributed by atoms with Crippen LogP contribution in [0.2, 0.25) is 0 Å². The molecule has 2 N–H and O–H groups in total. The molecule has 0 saturated carbocycles. The number of carbonyl (C=O) groups excluding carboxylic acids is 1. The number of anilines is 2. The predicted octanol–water partition coefficient (Wildman–Crippen LogP) is 5.13. The lowest BCUT2D eigenvalue weighted by Crippen LogP contribution is -2.36. The average Bonchev–Trinajstić information content (AvgIpc) is 3.67. The standard InChI is InChI=1S/C34H37F2N3O6/c1-3-20-13-24(35)14-21(4-2)31(20)37-29(40)18-39-17-26(23-15-27(36)33-28(16-23)44-19-45-33)30(34(41)42)32(39)22-5-7-25(8-6-22)38-9-11-43-12-10-38/h5-8,13-16,26,30,32H,3-4,9-12,17-19H2,1-2H3,(H,37,40)(H,41,42)/t26-,30?,32+/m1/s1. The first kappa shape index (κ1) is 30.8. The van der Waals surface area contributed by atoms with Crippen LogP contribution in [0.3, 0.4) is 0 Å². The van der Waals surface area contributed by atoms with E-state index in [0.717, 1.165) is 24.3 Å². The molecule has 3 aliphatic heterocycles. The van der Waals surface area contributed by atoms with Crippen molar-refractivity contribution in [1.29, 1.82) is 0 Å². The maximum absolute atomic E-state index is 15.0. The number of nitrogens with one attached hydrogen (secondary N) is 1. The lowest BCUT2D eigenvalue weighted by molar-refractivity contribution is -0.143. The highest BCUT2D eigenvalue weighted by atomic mass is 19.1. The molecule has 3 heterocycles. The fourth-order valence-corrected chi connectivity index (χ4v) is 6.84. The number of aryl methyl sites for hydroxylation is 2. The third-order valence-corrected chi connectivity index (χ3v) is 9.01. The first-order valence-corrected chi connectivity index (χ1v) is 15.4. The van der Waals surface area contributed by atoms with Crippen LogP contribution in [0.4, 0.5) is 20.2 Å². The van der Waals surface area contributed by atoms with Crippen LogP contribution in [0, 0.1) is 17.6 Å². The van der Waals surface area contributed by atoms with Gasteiger partial charge in [0.05, 0.1) is 25.7 Å². The number of hydrogen-bond donors (Lipinski definition) is 2. The molecule has 11 heteroatoms. The van der Waals surface area contributed by atoms with Gasteiger partial charge in [-0.2, -0.15) is 0 Å². The Morgan fingerprint density at radius 1 is 0.956 bits per heavy atom. The number of morpholine rings is 1. The van der Waals surface area contributed by atoms with Gasteiger partial charge in [0.1, 0.15) is 5.82 Å². The second-order valence-electron chi connectivity index (χ2n) is 11.6. The monoisotopic (exact) mass is 621 g/mol. The fraction of sp³-hybridized carbons (Fsp3) is 0.412. The van der Waals surface area contributed by atoms with Crippen molar-refractivity contribution in [2.24, 2.45) is 5.92 Å². The largest absolute Gasteiger partial charge is 0.481 e. The summed E-state index contributed by atoms with van der Waals surface area (Å²) in [4.78, 5) is 30.7. The summed E-state index contributed by atoms with van der Waals surface area (Å²) in [6.07, 6.45) is 1.06. The van der Waals surface area contributed by atoms with E-state index in [1.807, 2.05) is 43.0 Å². The second kappa shape index (κ2) is 13.0. The van der Waals surface area contributed by atoms with E-state index in [-0.39, 0.29) is 43.1 Å². The Hall–Kier alpha value is -4.22. The van der Waals surface area contributed by atoms with Gasteiger partial charge in [-0.1, -0.05) is 26.0 Å². The number of aliphatic carboxylic acids is 1. The zero-order valence-electron chi connectivity index (χ0n) is 25.4. The lowest BCUT2D eigenvalue weighted by Gasteiger charge is -2.30. The van der Waals surface area contributed by atoms with E-state index in [1.165, 1.54) is 18.2 Å². The van der Waals surface area contributed by atoms with Crippen LogP contribution in [0.5, 0.6) is 11.5 Å². The SMILES string of the molecule is CCc1cc(F)cc(CC)c1NC(=O)CN1C[C@H](c2cc(F)c3c(c2)OCO3)C(C(=O)O)[C@@H]1c1ccc(N2CCOCC2)cc1. The third kappa shape index (κ3) is 6.19. The van der Waals surface area contributed by atoms with E-state index in [4.69, 9.17) is 14.2 Å². The number of rotatable bonds is 9. The molecule has 2 fully saturated rings. The Morgan fingerprint density at radius 3 is 2.29 bits per heavy atom. The molecule has 0 radical (unpaired) electrons. The maximum Gasteiger partial charge on any atom is 0.309 e. The summed E-state index contributed by atoms with van der Waals surface area (Å²) in [7, 11) is 0. The van der Waals surface area contributed by atoms with E-state index in [0.29, 0.717) is 48.4 Å². The molecule has 1 unspecified atom stereocenters. The minimum absolute atomic E-state index is 0.00728. The van der Waals surface area contributed by atoms with Gasteiger partial charge in [0.25, 0.3) is 0 Å². The van der Waals surface area contributed by atoms with Gasteiger partial charge in [0.15, 0.2) is 11.6 Å². The number of nitrogens with zero attached hydrogens (tertiary/aromatic N) is 2. The molecular formula is C34H37F2N3O6. The minimum Gasteiger partial charge on any atom is -0.481 e. The molecule has 3 atom stereocenters.